The average molecular weight is 212 g/mol. The van der Waals surface area contributed by atoms with Gasteiger partial charge in [0.25, 0.3) is 0 Å². The molecule has 0 rings (SSSR count). The summed E-state index contributed by atoms with van der Waals surface area (Å²) < 4.78 is 0. The molecule has 0 amide bonds. The van der Waals surface area contributed by atoms with E-state index in [-0.39, 0.29) is 0 Å². The van der Waals surface area contributed by atoms with Crippen LogP contribution in [0.2, 0.25) is 0 Å². The number of hydrogen-bond donors (Lipinski definition) is 0. The van der Waals surface area contributed by atoms with E-state index in [0.717, 1.165) is 0 Å². The monoisotopic (exact) mass is 212 g/mol. The van der Waals surface area contributed by atoms with Crippen LogP contribution in [0.4, 0.5) is 0 Å². The molecule has 0 atom stereocenters. The normalized spacial score (nSPS) is 14.4. The lowest BCUT2D eigenvalue weighted by atomic mass is 9.74. The second-order valence-electron chi connectivity index (χ2n) is 8.29. The van der Waals surface area contributed by atoms with Gasteiger partial charge < -0.3 is 0 Å². The van der Waals surface area contributed by atoms with Gasteiger partial charge in [-0.25, -0.2) is 0 Å². The lowest BCUT2D eigenvalue weighted by molar-refractivity contribution is 0.207. The molecule has 0 aromatic carbocycles. The first-order valence-corrected chi connectivity index (χ1v) is 6.41. The third-order valence-corrected chi connectivity index (χ3v) is 3.10. The van der Waals surface area contributed by atoms with Crippen LogP contribution in [0.5, 0.6) is 0 Å². The van der Waals surface area contributed by atoms with Crippen LogP contribution in [-0.2, 0) is 0 Å². The summed E-state index contributed by atoms with van der Waals surface area (Å²) in [5.74, 6) is 0. The SMILES string of the molecule is CC(C)(C)CCC(C)(C)CCC(C)(C)C. The Morgan fingerprint density at radius 3 is 0.933 bits per heavy atom. The molecule has 0 aliphatic rings. The molecule has 0 aliphatic heterocycles. The second-order valence-corrected chi connectivity index (χ2v) is 8.29. The minimum atomic E-state index is 0.485. The highest BCUT2D eigenvalue weighted by Gasteiger charge is 2.23. The number of hydrogen-bond acceptors (Lipinski definition) is 0. The maximum Gasteiger partial charge on any atom is -0.0354 e. The molecule has 0 aliphatic carbocycles. The molecule has 0 aromatic rings. The van der Waals surface area contributed by atoms with E-state index in [9.17, 15) is 0 Å². The summed E-state index contributed by atoms with van der Waals surface area (Å²) in [7, 11) is 0. The third-order valence-electron chi connectivity index (χ3n) is 3.10. The second kappa shape index (κ2) is 4.89. The predicted molar refractivity (Wildman–Crippen MR) is 71.2 cm³/mol. The zero-order chi connectivity index (χ0) is 12.3. The molecule has 0 radical (unpaired) electrons. The maximum absolute atomic E-state index is 2.42. The van der Waals surface area contributed by atoms with E-state index in [4.69, 9.17) is 0 Å². The number of rotatable bonds is 4. The lowest BCUT2D eigenvalue weighted by Crippen LogP contribution is -2.18. The Morgan fingerprint density at radius 1 is 0.467 bits per heavy atom. The van der Waals surface area contributed by atoms with E-state index < -0.39 is 0 Å². The molecular formula is C15H32. The first-order valence-electron chi connectivity index (χ1n) is 6.41. The zero-order valence-corrected chi connectivity index (χ0v) is 12.3. The van der Waals surface area contributed by atoms with E-state index in [1.54, 1.807) is 0 Å². The molecule has 0 aromatic heterocycles. The van der Waals surface area contributed by atoms with Crippen LogP contribution in [0.1, 0.15) is 81.1 Å². The molecule has 0 nitrogen and oxygen atoms in total. The molecule has 0 heterocycles. The average Bonchev–Trinajstić information content (AvgIpc) is 1.96. The fourth-order valence-corrected chi connectivity index (χ4v) is 1.55. The van der Waals surface area contributed by atoms with Crippen molar-refractivity contribution in [3.8, 4) is 0 Å². The molecule has 0 N–H and O–H groups in total. The van der Waals surface area contributed by atoms with E-state index in [0.29, 0.717) is 16.2 Å². The van der Waals surface area contributed by atoms with Crippen molar-refractivity contribution in [2.24, 2.45) is 16.2 Å². The van der Waals surface area contributed by atoms with Crippen LogP contribution < -0.4 is 0 Å². The first-order chi connectivity index (χ1) is 6.41. The first kappa shape index (κ1) is 15.0. The van der Waals surface area contributed by atoms with E-state index in [2.05, 4.69) is 55.4 Å². The smallest absolute Gasteiger partial charge is 0.0354 e. The van der Waals surface area contributed by atoms with Gasteiger partial charge in [0, 0.05) is 0 Å². The van der Waals surface area contributed by atoms with Gasteiger partial charge in [-0.1, -0.05) is 55.4 Å². The van der Waals surface area contributed by atoms with Crippen molar-refractivity contribution in [1.82, 2.24) is 0 Å². The van der Waals surface area contributed by atoms with Gasteiger partial charge in [-0.3, -0.25) is 0 Å². The van der Waals surface area contributed by atoms with Gasteiger partial charge in [-0.05, 0) is 41.9 Å². The molecule has 0 unspecified atom stereocenters. The molecule has 0 heteroatoms. The summed E-state index contributed by atoms with van der Waals surface area (Å²) in [6, 6.07) is 0. The van der Waals surface area contributed by atoms with Crippen molar-refractivity contribution in [2.75, 3.05) is 0 Å². The molecular weight excluding hydrogens is 180 g/mol. The molecule has 0 bridgehead atoms. The van der Waals surface area contributed by atoms with Crippen LogP contribution in [-0.4, -0.2) is 0 Å². The maximum atomic E-state index is 2.42. The molecule has 15 heavy (non-hydrogen) atoms. The Kier molecular flexibility index (Phi) is 4.89. The van der Waals surface area contributed by atoms with Crippen LogP contribution in [0.15, 0.2) is 0 Å². The summed E-state index contributed by atoms with van der Waals surface area (Å²) in [5.41, 5.74) is 1.48. The summed E-state index contributed by atoms with van der Waals surface area (Å²) in [6.45, 7) is 18.9. The Labute approximate surface area is 97.8 Å². The minimum absolute atomic E-state index is 0.485. The van der Waals surface area contributed by atoms with Gasteiger partial charge in [0.1, 0.15) is 0 Å². The molecule has 92 valence electrons. The summed E-state index contributed by atoms with van der Waals surface area (Å²) >= 11 is 0. The molecule has 0 fully saturated rings. The molecule has 0 saturated carbocycles. The Hall–Kier alpha value is 0. The third kappa shape index (κ3) is 10.3. The summed E-state index contributed by atoms with van der Waals surface area (Å²) in [4.78, 5) is 0. The van der Waals surface area contributed by atoms with Gasteiger partial charge >= 0.3 is 0 Å². The lowest BCUT2D eigenvalue weighted by Gasteiger charge is -2.31. The quantitative estimate of drug-likeness (QED) is 0.563. The van der Waals surface area contributed by atoms with Crippen molar-refractivity contribution in [3.05, 3.63) is 0 Å². The Bertz CT molecular complexity index is 153. The van der Waals surface area contributed by atoms with Gasteiger partial charge in [-0.2, -0.15) is 0 Å². The highest BCUT2D eigenvalue weighted by Crippen LogP contribution is 2.36. The van der Waals surface area contributed by atoms with E-state index >= 15 is 0 Å². The predicted octanol–water partition coefficient (Wildman–Crippen LogP) is 5.67. The van der Waals surface area contributed by atoms with E-state index in [1.165, 1.54) is 25.7 Å². The Morgan fingerprint density at radius 2 is 0.733 bits per heavy atom. The van der Waals surface area contributed by atoms with Crippen molar-refractivity contribution in [1.29, 1.82) is 0 Å². The van der Waals surface area contributed by atoms with Crippen molar-refractivity contribution in [3.63, 3.8) is 0 Å². The molecule has 0 spiro atoms. The molecule has 0 saturated heterocycles. The van der Waals surface area contributed by atoms with Gasteiger partial charge in [0.15, 0.2) is 0 Å². The topological polar surface area (TPSA) is 0 Å². The highest BCUT2D eigenvalue weighted by molar-refractivity contribution is 4.75. The summed E-state index contributed by atoms with van der Waals surface area (Å²) in [5, 5.41) is 0. The van der Waals surface area contributed by atoms with Crippen LogP contribution in [0.25, 0.3) is 0 Å². The van der Waals surface area contributed by atoms with Gasteiger partial charge in [0.2, 0.25) is 0 Å². The highest BCUT2D eigenvalue weighted by atomic mass is 14.3. The van der Waals surface area contributed by atoms with Gasteiger partial charge in [0.05, 0.1) is 0 Å². The van der Waals surface area contributed by atoms with Crippen LogP contribution >= 0.6 is 0 Å². The largest absolute Gasteiger partial charge is 0.0602 e. The minimum Gasteiger partial charge on any atom is -0.0602 e. The van der Waals surface area contributed by atoms with Gasteiger partial charge in [-0.15, -0.1) is 0 Å². The fourth-order valence-electron chi connectivity index (χ4n) is 1.55. The zero-order valence-electron chi connectivity index (χ0n) is 12.3. The van der Waals surface area contributed by atoms with E-state index in [1.807, 2.05) is 0 Å². The van der Waals surface area contributed by atoms with Crippen molar-refractivity contribution in [2.45, 2.75) is 81.1 Å². The summed E-state index contributed by atoms with van der Waals surface area (Å²) in [6.07, 6.45) is 5.38. The Balaban J connectivity index is 3.98. The van der Waals surface area contributed by atoms with Crippen LogP contribution in [0, 0.1) is 16.2 Å². The van der Waals surface area contributed by atoms with Crippen molar-refractivity contribution < 1.29 is 0 Å². The standard InChI is InChI=1S/C15H32/c1-13(2,3)9-11-15(7,8)12-10-14(4,5)6/h9-12H2,1-8H3. The van der Waals surface area contributed by atoms with Crippen molar-refractivity contribution >= 4 is 0 Å². The van der Waals surface area contributed by atoms with Crippen LogP contribution in [0.3, 0.4) is 0 Å². The fraction of sp³-hybridized carbons (Fsp3) is 1.00.